The lowest BCUT2D eigenvalue weighted by Crippen LogP contribution is -2.39. The van der Waals surface area contributed by atoms with Crippen LogP contribution in [0.4, 0.5) is 17.1 Å². The second kappa shape index (κ2) is 30.2. The molecule has 65 heavy (non-hydrogen) atoms. The van der Waals surface area contributed by atoms with E-state index in [1.54, 1.807) is 0 Å². The maximum absolute atomic E-state index is 12.8. The van der Waals surface area contributed by atoms with E-state index in [-0.39, 0.29) is 11.9 Å². The number of ether oxygens (including phenoxy) is 2. The third-order valence-electron chi connectivity index (χ3n) is 11.6. The lowest BCUT2D eigenvalue weighted by atomic mass is 10.0. The molecule has 0 aliphatic carbocycles. The normalized spacial score (nSPS) is 11.7. The molecular weight excluding hydrogens is 847 g/mol. The zero-order valence-corrected chi connectivity index (χ0v) is 42.6. The van der Waals surface area contributed by atoms with Gasteiger partial charge >= 0.3 is 29.1 Å². The molecule has 0 amide bonds. The quantitative estimate of drug-likeness (QED) is 0.0258. The summed E-state index contributed by atoms with van der Waals surface area (Å²) in [6.07, 6.45) is 11.8. The number of carbonyl (C=O) groups excluding carboxylic acids is 2. The Morgan fingerprint density at radius 1 is 0.431 bits per heavy atom. The molecule has 0 bridgehead atoms. The molecule has 4 aromatic rings. The average molecular weight is 926 g/mol. The van der Waals surface area contributed by atoms with Crippen molar-refractivity contribution in [2.45, 2.75) is 143 Å². The van der Waals surface area contributed by atoms with E-state index >= 15 is 0 Å². The Kier molecular flexibility index (Phi) is 24.9. The van der Waals surface area contributed by atoms with Crippen LogP contribution in [0, 0.1) is 0 Å². The molecular formula is C54H79NO8Si2. The maximum Gasteiger partial charge on any atom is 0.335 e. The maximum atomic E-state index is 12.8. The van der Waals surface area contributed by atoms with Crippen LogP contribution in [0.15, 0.2) is 103 Å². The number of hydrogen-bond acceptors (Lipinski definition) is 9. The fraction of sp³-hybridized carbons (Fsp3) is 0.519. The zero-order chi connectivity index (χ0) is 46.6. The predicted molar refractivity (Wildman–Crippen MR) is 271 cm³/mol. The molecule has 4 rings (SSSR count). The summed E-state index contributed by atoms with van der Waals surface area (Å²) in [5.41, 5.74) is 7.47. The smallest absolute Gasteiger partial charge is 0.335 e. The van der Waals surface area contributed by atoms with Crippen molar-refractivity contribution in [2.24, 2.45) is 0 Å². The minimum atomic E-state index is -2.30. The van der Waals surface area contributed by atoms with Crippen LogP contribution < -0.4 is 4.90 Å². The Labute approximate surface area is 394 Å². The van der Waals surface area contributed by atoms with Crippen molar-refractivity contribution < 1.29 is 36.8 Å². The summed E-state index contributed by atoms with van der Waals surface area (Å²) in [6, 6.07) is 37.4. The summed E-state index contributed by atoms with van der Waals surface area (Å²) in [5.74, 6) is -0.379. The molecule has 356 valence electrons. The zero-order valence-electron chi connectivity index (χ0n) is 40.6. The van der Waals surface area contributed by atoms with Crippen LogP contribution in [0.5, 0.6) is 0 Å². The van der Waals surface area contributed by atoms with Crippen LogP contribution in [0.3, 0.4) is 0 Å². The summed E-state index contributed by atoms with van der Waals surface area (Å²) in [4.78, 5) is 27.8. The average Bonchev–Trinajstić information content (AvgIpc) is 3.32. The van der Waals surface area contributed by atoms with E-state index in [2.05, 4.69) is 143 Å². The van der Waals surface area contributed by atoms with Crippen LogP contribution in [0.1, 0.15) is 116 Å². The van der Waals surface area contributed by atoms with Crippen LogP contribution in [-0.4, -0.2) is 68.7 Å². The fourth-order valence-corrected chi connectivity index (χ4v) is 12.0. The molecule has 9 nitrogen and oxygen atoms in total. The topological polar surface area (TPSA) is 92.8 Å². The van der Waals surface area contributed by atoms with Gasteiger partial charge in [0.1, 0.15) is 0 Å². The molecule has 0 saturated heterocycles. The molecule has 0 radical (unpaired) electrons. The van der Waals surface area contributed by atoms with E-state index in [0.29, 0.717) is 38.9 Å². The molecule has 0 spiro atoms. The molecule has 0 aliphatic heterocycles. The van der Waals surface area contributed by atoms with Crippen molar-refractivity contribution in [3.8, 4) is 11.1 Å². The van der Waals surface area contributed by atoms with Crippen molar-refractivity contribution in [3.05, 3.63) is 114 Å². The fourth-order valence-electron chi connectivity index (χ4n) is 7.40. The van der Waals surface area contributed by atoms with Crippen LogP contribution >= 0.6 is 0 Å². The van der Waals surface area contributed by atoms with Gasteiger partial charge in [-0.3, -0.25) is 9.59 Å². The third kappa shape index (κ3) is 20.1. The Hall–Kier alpha value is -4.11. The van der Waals surface area contributed by atoms with Gasteiger partial charge in [-0.15, -0.1) is 0 Å². The minimum absolute atomic E-state index is 0.190. The number of unbranched alkanes of at least 4 members (excludes halogenated alkanes) is 4. The number of aryl methyl sites for hydroxylation is 2. The van der Waals surface area contributed by atoms with Gasteiger partial charge < -0.3 is 32.1 Å². The second-order valence-electron chi connectivity index (χ2n) is 17.3. The monoisotopic (exact) mass is 926 g/mol. The first-order valence-corrected chi connectivity index (χ1v) is 29.7. The van der Waals surface area contributed by atoms with E-state index in [1.807, 2.05) is 6.07 Å². The van der Waals surface area contributed by atoms with Crippen molar-refractivity contribution in [1.82, 2.24) is 0 Å². The molecule has 0 aliphatic rings. The van der Waals surface area contributed by atoms with E-state index in [1.165, 1.54) is 0 Å². The van der Waals surface area contributed by atoms with Crippen LogP contribution in [-0.2, 0) is 49.6 Å². The lowest BCUT2D eigenvalue weighted by Gasteiger charge is -2.27. The SMILES string of the molecule is CCCCO[Si](C)(CCCOC(=O)CCc1ccc(N(c2ccc(CCC(=O)OCCC[Si](C)(OCCCC)OCCCC)cc2)c2ccc(-c3ccccc3)cc2)cc1)OCCCC. The number of benzene rings is 4. The van der Waals surface area contributed by atoms with Crippen LogP contribution in [0.25, 0.3) is 11.1 Å². The summed E-state index contributed by atoms with van der Waals surface area (Å²) in [5, 5.41) is 0. The molecule has 0 saturated carbocycles. The standard InChI is InChI=1S/C54H79NO8Si2/c1-7-11-40-60-64(5,61-41-12-8-2)44-18-38-58-53(56)36-26-46-22-30-50(31-23-46)55(52-34-28-49(29-35-52)48-20-16-15-17-21-48)51-32-24-47(25-33-51)27-37-54(57)59-39-19-45-65(6,62-42-13-9-3)63-43-14-10-4/h15-17,20-25,28-35H,7-14,18-19,26-27,36-45H2,1-6H3. The Morgan fingerprint density at radius 2 is 0.769 bits per heavy atom. The van der Waals surface area contributed by atoms with Gasteiger partial charge in [0.15, 0.2) is 0 Å². The molecule has 0 fully saturated rings. The minimum Gasteiger partial charge on any atom is -0.466 e. The molecule has 0 unspecified atom stereocenters. The van der Waals surface area contributed by atoms with E-state index in [0.717, 1.165) is 142 Å². The van der Waals surface area contributed by atoms with E-state index < -0.39 is 17.1 Å². The highest BCUT2D eigenvalue weighted by Gasteiger charge is 2.32. The second-order valence-corrected chi connectivity index (χ2v) is 24.0. The summed E-state index contributed by atoms with van der Waals surface area (Å²) in [6.45, 7) is 16.6. The third-order valence-corrected chi connectivity index (χ3v) is 17.3. The summed E-state index contributed by atoms with van der Waals surface area (Å²) < 4.78 is 36.3. The molecule has 4 aromatic carbocycles. The van der Waals surface area contributed by atoms with Gasteiger partial charge in [0.2, 0.25) is 0 Å². The van der Waals surface area contributed by atoms with E-state index in [4.69, 9.17) is 27.2 Å². The first kappa shape index (κ1) is 53.5. The molecule has 0 N–H and O–H groups in total. The Morgan fingerprint density at radius 3 is 1.12 bits per heavy atom. The largest absolute Gasteiger partial charge is 0.466 e. The summed E-state index contributed by atoms with van der Waals surface area (Å²) >= 11 is 0. The van der Waals surface area contributed by atoms with Gasteiger partial charge in [0.25, 0.3) is 0 Å². The first-order valence-electron chi connectivity index (χ1n) is 24.6. The molecule has 0 aromatic heterocycles. The molecule has 0 atom stereocenters. The Balaban J connectivity index is 1.34. The number of hydrogen-bond donors (Lipinski definition) is 0. The Bertz CT molecular complexity index is 1780. The van der Waals surface area contributed by atoms with Gasteiger partial charge in [-0.1, -0.05) is 120 Å². The van der Waals surface area contributed by atoms with Crippen molar-refractivity contribution in [2.75, 3.05) is 44.5 Å². The number of carbonyl (C=O) groups is 2. The highest BCUT2D eigenvalue weighted by atomic mass is 28.4. The van der Waals surface area contributed by atoms with Crippen molar-refractivity contribution in [1.29, 1.82) is 0 Å². The van der Waals surface area contributed by atoms with Gasteiger partial charge in [-0.05, 0) is 135 Å². The molecule has 11 heteroatoms. The highest BCUT2D eigenvalue weighted by Crippen LogP contribution is 2.36. The number of rotatable bonds is 34. The van der Waals surface area contributed by atoms with Gasteiger partial charge in [0.05, 0.1) is 13.2 Å². The number of esters is 2. The number of anilines is 3. The van der Waals surface area contributed by atoms with Gasteiger partial charge in [-0.25, -0.2) is 0 Å². The predicted octanol–water partition coefficient (Wildman–Crippen LogP) is 14.0. The van der Waals surface area contributed by atoms with Crippen molar-refractivity contribution >= 4 is 46.1 Å². The summed E-state index contributed by atoms with van der Waals surface area (Å²) in [7, 11) is -4.59. The molecule has 0 heterocycles. The van der Waals surface area contributed by atoms with Gasteiger partial charge in [0, 0.05) is 56.3 Å². The first-order chi connectivity index (χ1) is 31.6. The number of nitrogens with zero attached hydrogens (tertiary/aromatic N) is 1. The highest BCUT2D eigenvalue weighted by molar-refractivity contribution is 6.66. The van der Waals surface area contributed by atoms with E-state index in [9.17, 15) is 9.59 Å². The van der Waals surface area contributed by atoms with Crippen molar-refractivity contribution in [3.63, 3.8) is 0 Å². The lowest BCUT2D eigenvalue weighted by molar-refractivity contribution is -0.144. The van der Waals surface area contributed by atoms with Crippen LogP contribution in [0.2, 0.25) is 25.2 Å². The van der Waals surface area contributed by atoms with Gasteiger partial charge in [-0.2, -0.15) is 0 Å².